The monoisotopic (exact) mass is 557 g/mol. The van der Waals surface area contributed by atoms with Crippen molar-refractivity contribution in [3.63, 3.8) is 0 Å². The third-order valence-corrected chi connectivity index (χ3v) is 8.00. The van der Waals surface area contributed by atoms with E-state index in [1.165, 1.54) is 6.07 Å². The van der Waals surface area contributed by atoms with Crippen LogP contribution in [0.3, 0.4) is 0 Å². The summed E-state index contributed by atoms with van der Waals surface area (Å²) < 4.78 is 20.7. The summed E-state index contributed by atoms with van der Waals surface area (Å²) >= 11 is 0. The van der Waals surface area contributed by atoms with Crippen molar-refractivity contribution in [1.82, 2.24) is 20.0 Å². The molecule has 216 valence electrons. The highest BCUT2D eigenvalue weighted by Gasteiger charge is 2.45. The van der Waals surface area contributed by atoms with Gasteiger partial charge in [0, 0.05) is 52.2 Å². The van der Waals surface area contributed by atoms with Crippen LogP contribution < -0.4 is 10.2 Å². The van der Waals surface area contributed by atoms with Gasteiger partial charge >= 0.3 is 6.09 Å². The van der Waals surface area contributed by atoms with E-state index in [4.69, 9.17) is 4.74 Å². The molecule has 4 heterocycles. The second-order valence-electron chi connectivity index (χ2n) is 12.0. The van der Waals surface area contributed by atoms with Crippen molar-refractivity contribution in [3.05, 3.63) is 29.1 Å². The summed E-state index contributed by atoms with van der Waals surface area (Å²) in [7, 11) is 0. The molecule has 4 aliphatic rings. The minimum atomic E-state index is -1.09. The molecule has 3 fully saturated rings. The van der Waals surface area contributed by atoms with E-state index in [1.54, 1.807) is 4.90 Å². The standard InChI is InChI=1S/C28H36FN5O6/c1-28(2,3)40-27(39)33-8-6-17(7-9-33)16-31-10-12-32(13-11-31)22-15-19-18(14-20(22)29)25(37)34(26(19)38)21-4-5-23(35)30-24(21)36/h14-15,17,21H,4-13,16H2,1-3H3,(H,30,35,36). The number of piperazine rings is 1. The van der Waals surface area contributed by atoms with Crippen LogP contribution >= 0.6 is 0 Å². The van der Waals surface area contributed by atoms with E-state index in [0.717, 1.165) is 43.4 Å². The Morgan fingerprint density at radius 2 is 1.57 bits per heavy atom. The number of nitrogens with one attached hydrogen (secondary N) is 1. The first-order chi connectivity index (χ1) is 18.9. The number of hydrogen-bond acceptors (Lipinski definition) is 8. The summed E-state index contributed by atoms with van der Waals surface area (Å²) in [6, 6.07) is 1.41. The van der Waals surface area contributed by atoms with Gasteiger partial charge in [-0.2, -0.15) is 0 Å². The predicted octanol–water partition coefficient (Wildman–Crippen LogP) is 2.00. The molecule has 0 radical (unpaired) electrons. The zero-order valence-corrected chi connectivity index (χ0v) is 23.2. The molecule has 40 heavy (non-hydrogen) atoms. The number of imide groups is 2. The molecule has 1 atom stereocenters. The van der Waals surface area contributed by atoms with Crippen LogP contribution in [0.1, 0.15) is 67.2 Å². The highest BCUT2D eigenvalue weighted by Crippen LogP contribution is 2.33. The summed E-state index contributed by atoms with van der Waals surface area (Å²) in [5, 5.41) is 2.16. The highest BCUT2D eigenvalue weighted by molar-refractivity contribution is 6.23. The van der Waals surface area contributed by atoms with Gasteiger partial charge in [0.1, 0.15) is 17.5 Å². The molecule has 11 nitrogen and oxygen atoms in total. The average molecular weight is 558 g/mol. The van der Waals surface area contributed by atoms with Crippen molar-refractivity contribution in [2.45, 2.75) is 58.1 Å². The van der Waals surface area contributed by atoms with Gasteiger partial charge in [0.2, 0.25) is 11.8 Å². The minimum Gasteiger partial charge on any atom is -0.444 e. The van der Waals surface area contributed by atoms with Crippen LogP contribution in [-0.4, -0.2) is 102 Å². The van der Waals surface area contributed by atoms with Crippen LogP contribution in [0.25, 0.3) is 0 Å². The summed E-state index contributed by atoms with van der Waals surface area (Å²) in [5.41, 5.74) is -0.241. The van der Waals surface area contributed by atoms with E-state index in [1.807, 2.05) is 25.7 Å². The molecule has 3 saturated heterocycles. The second kappa shape index (κ2) is 10.8. The van der Waals surface area contributed by atoms with Crippen molar-refractivity contribution in [2.24, 2.45) is 5.92 Å². The predicted molar refractivity (Wildman–Crippen MR) is 142 cm³/mol. The van der Waals surface area contributed by atoms with Gasteiger partial charge in [-0.3, -0.25) is 34.3 Å². The van der Waals surface area contributed by atoms with E-state index in [2.05, 4.69) is 10.2 Å². The third-order valence-electron chi connectivity index (χ3n) is 8.00. The molecule has 12 heteroatoms. The Labute approximate surface area is 232 Å². The highest BCUT2D eigenvalue weighted by atomic mass is 19.1. The Balaban J connectivity index is 1.16. The number of likely N-dealkylation sites (tertiary alicyclic amines) is 1. The molecule has 1 aromatic carbocycles. The number of benzene rings is 1. The molecule has 5 amide bonds. The van der Waals surface area contributed by atoms with Crippen molar-refractivity contribution in [2.75, 3.05) is 50.7 Å². The molecule has 1 unspecified atom stereocenters. The largest absolute Gasteiger partial charge is 0.444 e. The van der Waals surface area contributed by atoms with Gasteiger partial charge in [-0.1, -0.05) is 0 Å². The number of nitrogens with zero attached hydrogens (tertiary/aromatic N) is 4. The molecule has 1 N–H and O–H groups in total. The molecule has 1 aromatic rings. The number of halogens is 1. The molecule has 5 rings (SSSR count). The van der Waals surface area contributed by atoms with E-state index >= 15 is 4.39 Å². The van der Waals surface area contributed by atoms with Crippen molar-refractivity contribution in [3.8, 4) is 0 Å². The molecule has 4 aliphatic heterocycles. The first-order valence-corrected chi connectivity index (χ1v) is 13.9. The van der Waals surface area contributed by atoms with Crippen molar-refractivity contribution >= 4 is 35.4 Å². The quantitative estimate of drug-likeness (QED) is 0.559. The Morgan fingerprint density at radius 3 is 2.17 bits per heavy atom. The van der Waals surface area contributed by atoms with Crippen LogP contribution in [0.4, 0.5) is 14.9 Å². The topological polar surface area (TPSA) is 120 Å². The fourth-order valence-corrected chi connectivity index (χ4v) is 5.88. The summed E-state index contributed by atoms with van der Waals surface area (Å²) in [5.74, 6) is -2.64. The normalized spacial score (nSPS) is 23.0. The second-order valence-corrected chi connectivity index (χ2v) is 12.0. The lowest BCUT2D eigenvalue weighted by atomic mass is 9.96. The molecule has 0 bridgehead atoms. The average Bonchev–Trinajstić information content (AvgIpc) is 3.12. The van der Waals surface area contributed by atoms with Crippen LogP contribution in [-0.2, 0) is 14.3 Å². The number of hydrogen-bond donors (Lipinski definition) is 1. The molecule has 0 aliphatic carbocycles. The number of amides is 5. The maximum absolute atomic E-state index is 15.2. The van der Waals surface area contributed by atoms with Gasteiger partial charge in [0.25, 0.3) is 11.8 Å². The van der Waals surface area contributed by atoms with Gasteiger partial charge in [0.05, 0.1) is 16.8 Å². The Bertz CT molecular complexity index is 1230. The number of carbonyl (C=O) groups is 5. The summed E-state index contributed by atoms with van der Waals surface area (Å²) in [6.45, 7) is 10.4. The fourth-order valence-electron chi connectivity index (χ4n) is 5.88. The van der Waals surface area contributed by atoms with E-state index < -0.39 is 41.1 Å². The van der Waals surface area contributed by atoms with Crippen LogP contribution in [0, 0.1) is 11.7 Å². The Hall–Kier alpha value is -3.54. The smallest absolute Gasteiger partial charge is 0.410 e. The number of fused-ring (bicyclic) bond motifs is 1. The molecule has 0 aromatic heterocycles. The van der Waals surface area contributed by atoms with E-state index in [-0.39, 0.29) is 35.7 Å². The first kappa shape index (κ1) is 28.0. The van der Waals surface area contributed by atoms with Crippen LogP contribution in [0.2, 0.25) is 0 Å². The lowest BCUT2D eigenvalue weighted by Gasteiger charge is -2.39. The Kier molecular flexibility index (Phi) is 7.56. The molecule has 0 spiro atoms. The lowest BCUT2D eigenvalue weighted by Crippen LogP contribution is -2.54. The molecule has 0 saturated carbocycles. The first-order valence-electron chi connectivity index (χ1n) is 13.9. The number of piperidine rings is 2. The van der Waals surface area contributed by atoms with Gasteiger partial charge in [-0.05, 0) is 58.1 Å². The summed E-state index contributed by atoms with van der Waals surface area (Å²) in [6.07, 6.45) is 1.61. The number of ether oxygens (including phenoxy) is 1. The molecular formula is C28H36FN5O6. The third kappa shape index (κ3) is 5.67. The van der Waals surface area contributed by atoms with Gasteiger partial charge in [0.15, 0.2) is 0 Å². The zero-order chi connectivity index (χ0) is 28.8. The van der Waals surface area contributed by atoms with Crippen LogP contribution in [0.5, 0.6) is 0 Å². The maximum Gasteiger partial charge on any atom is 0.410 e. The van der Waals surface area contributed by atoms with Crippen molar-refractivity contribution in [1.29, 1.82) is 0 Å². The molecular weight excluding hydrogens is 521 g/mol. The number of anilines is 1. The van der Waals surface area contributed by atoms with Gasteiger partial charge in [-0.15, -0.1) is 0 Å². The SMILES string of the molecule is CC(C)(C)OC(=O)N1CCC(CN2CCN(c3cc4c(cc3F)C(=O)N(C3CCC(=O)NC3=O)C4=O)CC2)CC1. The van der Waals surface area contributed by atoms with E-state index in [0.29, 0.717) is 32.1 Å². The van der Waals surface area contributed by atoms with Gasteiger partial charge in [-0.25, -0.2) is 9.18 Å². The number of carbonyl (C=O) groups excluding carboxylic acids is 5. The zero-order valence-electron chi connectivity index (χ0n) is 23.2. The lowest BCUT2D eigenvalue weighted by molar-refractivity contribution is -0.136. The fraction of sp³-hybridized carbons (Fsp3) is 0.607. The van der Waals surface area contributed by atoms with E-state index in [9.17, 15) is 24.0 Å². The summed E-state index contributed by atoms with van der Waals surface area (Å²) in [4.78, 5) is 69.1. The maximum atomic E-state index is 15.2. The number of rotatable bonds is 4. The van der Waals surface area contributed by atoms with Crippen molar-refractivity contribution < 1.29 is 33.1 Å². The Morgan fingerprint density at radius 1 is 0.950 bits per heavy atom. The van der Waals surface area contributed by atoms with Gasteiger partial charge < -0.3 is 14.5 Å². The van der Waals surface area contributed by atoms with Crippen LogP contribution in [0.15, 0.2) is 12.1 Å². The minimum absolute atomic E-state index is 0.0244.